The van der Waals surface area contributed by atoms with Crippen molar-refractivity contribution >= 4 is 17.5 Å². The van der Waals surface area contributed by atoms with Crippen molar-refractivity contribution in [1.29, 1.82) is 0 Å². The summed E-state index contributed by atoms with van der Waals surface area (Å²) in [5.41, 5.74) is 3.42. The first kappa shape index (κ1) is 24.3. The van der Waals surface area contributed by atoms with Crippen LogP contribution < -0.4 is 15.4 Å². The molecule has 0 aromatic heterocycles. The number of ether oxygens (including phenoxy) is 1. The van der Waals surface area contributed by atoms with Crippen molar-refractivity contribution in [3.63, 3.8) is 0 Å². The van der Waals surface area contributed by atoms with Crippen LogP contribution in [-0.2, 0) is 24.5 Å². The number of rotatable bonds is 10. The lowest BCUT2D eigenvalue weighted by Crippen LogP contribution is -2.42. The minimum Gasteiger partial charge on any atom is -0.489 e. The van der Waals surface area contributed by atoms with Crippen LogP contribution in [0.15, 0.2) is 78.9 Å². The van der Waals surface area contributed by atoms with Gasteiger partial charge in [-0.2, -0.15) is 0 Å². The largest absolute Gasteiger partial charge is 0.489 e. The van der Waals surface area contributed by atoms with E-state index in [0.717, 1.165) is 47.0 Å². The maximum atomic E-state index is 12.7. The second-order valence-electron chi connectivity index (χ2n) is 8.70. The van der Waals surface area contributed by atoms with E-state index >= 15 is 0 Å². The predicted molar refractivity (Wildman–Crippen MR) is 137 cm³/mol. The molecule has 5 nitrogen and oxygen atoms in total. The first-order valence-corrected chi connectivity index (χ1v) is 12.2. The highest BCUT2D eigenvalue weighted by Crippen LogP contribution is 2.23. The van der Waals surface area contributed by atoms with Crippen LogP contribution in [0.3, 0.4) is 0 Å². The maximum absolute atomic E-state index is 12.7. The smallest absolute Gasteiger partial charge is 0.237 e. The number of halogens is 1. The van der Waals surface area contributed by atoms with E-state index in [0.29, 0.717) is 19.7 Å². The second kappa shape index (κ2) is 12.0. The molecule has 34 heavy (non-hydrogen) atoms. The summed E-state index contributed by atoms with van der Waals surface area (Å²) < 4.78 is 5.97. The average molecular weight is 478 g/mol. The number of likely N-dealkylation sites (tertiary alicyclic amines) is 1. The van der Waals surface area contributed by atoms with E-state index in [9.17, 15) is 4.79 Å². The summed E-state index contributed by atoms with van der Waals surface area (Å²) in [5.74, 6) is 0.947. The Balaban J connectivity index is 1.35. The number of benzene rings is 3. The Morgan fingerprint density at radius 3 is 2.56 bits per heavy atom. The Bertz CT molecular complexity index is 1080. The van der Waals surface area contributed by atoms with Crippen molar-refractivity contribution in [1.82, 2.24) is 15.5 Å². The van der Waals surface area contributed by atoms with Crippen LogP contribution in [0.2, 0.25) is 5.02 Å². The molecule has 0 saturated carbocycles. The Hall–Kier alpha value is -2.86. The molecule has 0 bridgehead atoms. The second-order valence-corrected chi connectivity index (χ2v) is 9.14. The summed E-state index contributed by atoms with van der Waals surface area (Å²) in [6, 6.07) is 26.3. The normalized spacial score (nSPS) is 18.1. The van der Waals surface area contributed by atoms with E-state index in [1.807, 2.05) is 55.5 Å². The molecular weight excluding hydrogens is 446 g/mol. The van der Waals surface area contributed by atoms with Crippen molar-refractivity contribution in [3.05, 3.63) is 101 Å². The minimum atomic E-state index is -0.156. The van der Waals surface area contributed by atoms with Gasteiger partial charge in [0.15, 0.2) is 0 Å². The van der Waals surface area contributed by atoms with Gasteiger partial charge in [0.05, 0.1) is 6.04 Å². The minimum absolute atomic E-state index is 0.0881. The summed E-state index contributed by atoms with van der Waals surface area (Å²) in [6.07, 6.45) is 0.774. The summed E-state index contributed by atoms with van der Waals surface area (Å²) in [4.78, 5) is 15.0. The number of hydrogen-bond acceptors (Lipinski definition) is 4. The van der Waals surface area contributed by atoms with Gasteiger partial charge in [-0.25, -0.2) is 0 Å². The molecule has 1 saturated heterocycles. The van der Waals surface area contributed by atoms with Gasteiger partial charge < -0.3 is 15.4 Å². The van der Waals surface area contributed by atoms with Crippen LogP contribution >= 0.6 is 11.6 Å². The number of nitrogens with one attached hydrogen (secondary N) is 2. The summed E-state index contributed by atoms with van der Waals surface area (Å²) in [6.45, 7) is 5.36. The SMILES string of the molecule is CCNC(=O)[C@@H]1C[C@H](NCc2cccc(OCc3ccccc3)c2)CN1Cc1cccc(Cl)c1. The molecule has 1 heterocycles. The van der Waals surface area contributed by atoms with Crippen molar-refractivity contribution in [2.24, 2.45) is 0 Å². The third-order valence-corrected chi connectivity index (χ3v) is 6.31. The number of amides is 1. The average Bonchev–Trinajstić information content (AvgIpc) is 3.25. The van der Waals surface area contributed by atoms with Gasteiger partial charge in [-0.3, -0.25) is 9.69 Å². The fourth-order valence-corrected chi connectivity index (χ4v) is 4.62. The van der Waals surface area contributed by atoms with E-state index in [1.54, 1.807) is 0 Å². The standard InChI is InChI=1S/C28H32ClN3O2/c1-2-30-28(33)27-16-25(19-32(27)18-23-11-6-12-24(29)14-23)31-17-22-10-7-13-26(15-22)34-20-21-8-4-3-5-9-21/h3-15,25,27,31H,2,16-20H2,1H3,(H,30,33)/t25-,27-/m0/s1. The zero-order chi connectivity index (χ0) is 23.8. The first-order valence-electron chi connectivity index (χ1n) is 11.9. The first-order chi connectivity index (χ1) is 16.6. The molecule has 4 rings (SSSR count). The molecule has 1 amide bonds. The predicted octanol–water partition coefficient (Wildman–Crippen LogP) is 4.79. The summed E-state index contributed by atoms with van der Waals surface area (Å²) in [7, 11) is 0. The van der Waals surface area contributed by atoms with Crippen molar-refractivity contribution < 1.29 is 9.53 Å². The molecule has 3 aromatic rings. The Labute approximate surface area is 207 Å². The van der Waals surface area contributed by atoms with Crippen LogP contribution in [0.25, 0.3) is 0 Å². The number of carbonyl (C=O) groups is 1. The molecule has 1 aliphatic rings. The number of hydrogen-bond donors (Lipinski definition) is 2. The molecule has 1 aliphatic heterocycles. The molecule has 0 spiro atoms. The lowest BCUT2D eigenvalue weighted by Gasteiger charge is -2.23. The lowest BCUT2D eigenvalue weighted by atomic mass is 10.1. The molecular formula is C28H32ClN3O2. The fraction of sp³-hybridized carbons (Fsp3) is 0.321. The third-order valence-electron chi connectivity index (χ3n) is 6.07. The monoisotopic (exact) mass is 477 g/mol. The van der Waals surface area contributed by atoms with Crippen LogP contribution in [0, 0.1) is 0 Å². The van der Waals surface area contributed by atoms with Crippen molar-refractivity contribution in [2.75, 3.05) is 13.1 Å². The molecule has 0 radical (unpaired) electrons. The van der Waals surface area contributed by atoms with Gasteiger partial charge in [0.1, 0.15) is 12.4 Å². The van der Waals surface area contributed by atoms with E-state index in [-0.39, 0.29) is 18.0 Å². The van der Waals surface area contributed by atoms with Gasteiger partial charge in [0.2, 0.25) is 5.91 Å². The zero-order valence-corrected chi connectivity index (χ0v) is 20.3. The Kier molecular flexibility index (Phi) is 8.58. The highest BCUT2D eigenvalue weighted by atomic mass is 35.5. The van der Waals surface area contributed by atoms with Gasteiger partial charge in [-0.05, 0) is 54.3 Å². The number of likely N-dealkylation sites (N-methyl/N-ethyl adjacent to an activating group) is 1. The molecule has 178 valence electrons. The van der Waals surface area contributed by atoms with Gasteiger partial charge in [0.25, 0.3) is 0 Å². The van der Waals surface area contributed by atoms with Crippen LogP contribution in [0.4, 0.5) is 0 Å². The fourth-order valence-electron chi connectivity index (χ4n) is 4.41. The lowest BCUT2D eigenvalue weighted by molar-refractivity contribution is -0.125. The molecule has 3 aromatic carbocycles. The zero-order valence-electron chi connectivity index (χ0n) is 19.5. The topological polar surface area (TPSA) is 53.6 Å². The van der Waals surface area contributed by atoms with Gasteiger partial charge in [-0.1, -0.05) is 66.2 Å². The molecule has 6 heteroatoms. The Morgan fingerprint density at radius 2 is 1.76 bits per heavy atom. The quantitative estimate of drug-likeness (QED) is 0.441. The Morgan fingerprint density at radius 1 is 1.00 bits per heavy atom. The van der Waals surface area contributed by atoms with E-state index in [1.165, 1.54) is 0 Å². The molecule has 1 fully saturated rings. The van der Waals surface area contributed by atoms with Crippen molar-refractivity contribution in [2.45, 2.75) is 45.1 Å². The highest BCUT2D eigenvalue weighted by Gasteiger charge is 2.36. The van der Waals surface area contributed by atoms with Gasteiger partial charge >= 0.3 is 0 Å². The number of carbonyl (C=O) groups excluding carboxylic acids is 1. The molecule has 0 aliphatic carbocycles. The van der Waals surface area contributed by atoms with Gasteiger partial charge in [-0.15, -0.1) is 0 Å². The van der Waals surface area contributed by atoms with Crippen LogP contribution in [0.5, 0.6) is 5.75 Å². The van der Waals surface area contributed by atoms with E-state index in [2.05, 4.69) is 45.9 Å². The molecule has 0 unspecified atom stereocenters. The summed E-state index contributed by atoms with van der Waals surface area (Å²) in [5, 5.41) is 7.36. The molecule has 2 N–H and O–H groups in total. The summed E-state index contributed by atoms with van der Waals surface area (Å²) >= 11 is 6.17. The van der Waals surface area contributed by atoms with E-state index in [4.69, 9.17) is 16.3 Å². The third kappa shape index (κ3) is 6.83. The van der Waals surface area contributed by atoms with E-state index < -0.39 is 0 Å². The number of nitrogens with zero attached hydrogens (tertiary/aromatic N) is 1. The van der Waals surface area contributed by atoms with Crippen molar-refractivity contribution in [3.8, 4) is 5.75 Å². The van der Waals surface area contributed by atoms with Crippen LogP contribution in [-0.4, -0.2) is 36.0 Å². The van der Waals surface area contributed by atoms with Crippen LogP contribution in [0.1, 0.15) is 30.0 Å². The highest BCUT2D eigenvalue weighted by molar-refractivity contribution is 6.30. The molecule has 2 atom stereocenters. The maximum Gasteiger partial charge on any atom is 0.237 e. The van der Waals surface area contributed by atoms with Gasteiger partial charge in [0, 0.05) is 37.2 Å².